The number of carbonyl (C=O) groups excluding carboxylic acids is 2. The van der Waals surface area contributed by atoms with E-state index in [4.69, 9.17) is 18.9 Å². The highest BCUT2D eigenvalue weighted by Gasteiger charge is 2.42. The van der Waals surface area contributed by atoms with Crippen LogP contribution in [-0.2, 0) is 14.3 Å². The van der Waals surface area contributed by atoms with Gasteiger partial charge in [-0.25, -0.2) is 0 Å². The third kappa shape index (κ3) is 5.02. The maximum atomic E-state index is 13.1. The fraction of sp³-hybridized carbons (Fsp3) is 0.667. The molecule has 1 spiro atoms. The maximum Gasteiger partial charge on any atom is 0.253 e. The van der Waals surface area contributed by atoms with Crippen LogP contribution in [0.3, 0.4) is 0 Å². The van der Waals surface area contributed by atoms with E-state index in [9.17, 15) is 9.59 Å². The number of benzene rings is 1. The van der Waals surface area contributed by atoms with Gasteiger partial charge in [0.2, 0.25) is 5.91 Å². The second-order valence-electron chi connectivity index (χ2n) is 8.95. The van der Waals surface area contributed by atoms with Gasteiger partial charge in [-0.05, 0) is 49.8 Å². The van der Waals surface area contributed by atoms with Crippen LogP contribution in [0, 0.1) is 5.92 Å². The van der Waals surface area contributed by atoms with Gasteiger partial charge >= 0.3 is 0 Å². The van der Waals surface area contributed by atoms with Gasteiger partial charge in [-0.15, -0.1) is 0 Å². The Kier molecular flexibility index (Phi) is 7.20. The molecule has 3 aliphatic rings. The van der Waals surface area contributed by atoms with Crippen molar-refractivity contribution in [2.75, 3.05) is 60.2 Å². The zero-order valence-electron chi connectivity index (χ0n) is 19.1. The van der Waals surface area contributed by atoms with Crippen molar-refractivity contribution in [3.8, 4) is 11.5 Å². The summed E-state index contributed by atoms with van der Waals surface area (Å²) in [5.74, 6) is 1.73. The van der Waals surface area contributed by atoms with Gasteiger partial charge in [-0.3, -0.25) is 9.59 Å². The first-order valence-electron chi connectivity index (χ1n) is 11.5. The normalized spacial score (nSPS) is 23.1. The number of rotatable bonds is 5. The van der Waals surface area contributed by atoms with E-state index < -0.39 is 0 Å². The number of likely N-dealkylation sites (tertiary alicyclic amines) is 1. The fourth-order valence-corrected chi connectivity index (χ4v) is 5.11. The summed E-state index contributed by atoms with van der Waals surface area (Å²) < 4.78 is 22.2. The van der Waals surface area contributed by atoms with Crippen molar-refractivity contribution in [2.24, 2.45) is 5.92 Å². The molecule has 32 heavy (non-hydrogen) atoms. The standard InChI is InChI=1S/C24H34N2O6/c1-29-20-4-3-19(16-21(20)30-2)23(28)26-8-6-24(7-9-26)17-18(5-12-32-24)15-22(27)25-10-13-31-14-11-25/h3-4,16,18H,5-15,17H2,1-2H3. The Morgan fingerprint density at radius 2 is 1.72 bits per heavy atom. The molecular weight excluding hydrogens is 412 g/mol. The number of ether oxygens (including phenoxy) is 4. The first-order chi connectivity index (χ1) is 15.5. The van der Waals surface area contributed by atoms with E-state index in [0.29, 0.717) is 75.4 Å². The van der Waals surface area contributed by atoms with Crippen LogP contribution in [0.15, 0.2) is 18.2 Å². The average Bonchev–Trinajstić information content (AvgIpc) is 2.84. The van der Waals surface area contributed by atoms with Crippen LogP contribution in [0.5, 0.6) is 11.5 Å². The van der Waals surface area contributed by atoms with Gasteiger partial charge in [0, 0.05) is 44.8 Å². The molecule has 0 bridgehead atoms. The monoisotopic (exact) mass is 446 g/mol. The SMILES string of the molecule is COc1ccc(C(=O)N2CCC3(CC2)CC(CC(=O)N2CCOCC2)CCO3)cc1OC. The van der Waals surface area contributed by atoms with Gasteiger partial charge in [0.1, 0.15) is 0 Å². The summed E-state index contributed by atoms with van der Waals surface area (Å²) >= 11 is 0. The molecule has 0 saturated carbocycles. The smallest absolute Gasteiger partial charge is 0.253 e. The Labute approximate surface area is 189 Å². The zero-order valence-corrected chi connectivity index (χ0v) is 19.1. The quantitative estimate of drug-likeness (QED) is 0.691. The van der Waals surface area contributed by atoms with Gasteiger partial charge in [0.15, 0.2) is 11.5 Å². The highest BCUT2D eigenvalue weighted by atomic mass is 16.5. The summed E-state index contributed by atoms with van der Waals surface area (Å²) in [6.07, 6.45) is 4.00. The van der Waals surface area contributed by atoms with Crippen LogP contribution in [0.1, 0.15) is 42.5 Å². The van der Waals surface area contributed by atoms with Crippen LogP contribution >= 0.6 is 0 Å². The summed E-state index contributed by atoms with van der Waals surface area (Å²) in [4.78, 5) is 29.6. The highest BCUT2D eigenvalue weighted by molar-refractivity contribution is 5.95. The topological polar surface area (TPSA) is 77.5 Å². The van der Waals surface area contributed by atoms with Crippen LogP contribution in [0.25, 0.3) is 0 Å². The minimum absolute atomic E-state index is 0.00402. The van der Waals surface area contributed by atoms with Crippen molar-refractivity contribution in [3.05, 3.63) is 23.8 Å². The Hall–Kier alpha value is -2.32. The molecule has 1 aromatic carbocycles. The molecule has 1 atom stereocenters. The predicted octanol–water partition coefficient (Wildman–Crippen LogP) is 2.35. The average molecular weight is 447 g/mol. The number of amides is 2. The van der Waals surface area contributed by atoms with E-state index in [2.05, 4.69) is 0 Å². The van der Waals surface area contributed by atoms with Crippen LogP contribution in [0.4, 0.5) is 0 Å². The van der Waals surface area contributed by atoms with Gasteiger partial charge < -0.3 is 28.7 Å². The van der Waals surface area contributed by atoms with E-state index in [-0.39, 0.29) is 17.4 Å². The number of piperidine rings is 1. The lowest BCUT2D eigenvalue weighted by atomic mass is 9.78. The van der Waals surface area contributed by atoms with Gasteiger partial charge in [0.05, 0.1) is 33.0 Å². The largest absolute Gasteiger partial charge is 0.493 e. The molecule has 0 aliphatic carbocycles. The Balaban J connectivity index is 1.33. The molecule has 4 rings (SSSR count). The molecule has 1 aromatic rings. The number of nitrogens with zero attached hydrogens (tertiary/aromatic N) is 2. The van der Waals surface area contributed by atoms with Crippen molar-refractivity contribution in [3.63, 3.8) is 0 Å². The third-order valence-corrected chi connectivity index (χ3v) is 7.01. The molecule has 8 nitrogen and oxygen atoms in total. The van der Waals surface area contributed by atoms with Crippen molar-refractivity contribution in [2.45, 2.75) is 37.7 Å². The minimum Gasteiger partial charge on any atom is -0.493 e. The van der Waals surface area contributed by atoms with Crippen molar-refractivity contribution >= 4 is 11.8 Å². The molecule has 3 aliphatic heterocycles. The zero-order chi connectivity index (χ0) is 22.6. The summed E-state index contributed by atoms with van der Waals surface area (Å²) in [6, 6.07) is 5.27. The summed E-state index contributed by atoms with van der Waals surface area (Å²) in [5.41, 5.74) is 0.375. The summed E-state index contributed by atoms with van der Waals surface area (Å²) in [6.45, 7) is 4.64. The van der Waals surface area contributed by atoms with E-state index >= 15 is 0 Å². The second-order valence-corrected chi connectivity index (χ2v) is 8.95. The molecule has 3 saturated heterocycles. The van der Waals surface area contributed by atoms with Gasteiger partial charge in [-0.1, -0.05) is 0 Å². The van der Waals surface area contributed by atoms with Gasteiger partial charge in [0.25, 0.3) is 5.91 Å². The molecule has 176 valence electrons. The van der Waals surface area contributed by atoms with Crippen LogP contribution < -0.4 is 9.47 Å². The lowest BCUT2D eigenvalue weighted by Crippen LogP contribution is -2.51. The molecule has 3 fully saturated rings. The molecule has 3 heterocycles. The van der Waals surface area contributed by atoms with Crippen molar-refractivity contribution in [1.29, 1.82) is 0 Å². The summed E-state index contributed by atoms with van der Waals surface area (Å²) in [7, 11) is 3.15. The van der Waals surface area contributed by atoms with E-state index in [1.807, 2.05) is 9.80 Å². The Bertz CT molecular complexity index is 815. The Morgan fingerprint density at radius 3 is 2.41 bits per heavy atom. The number of carbonyl (C=O) groups is 2. The number of hydrogen-bond acceptors (Lipinski definition) is 6. The molecular formula is C24H34N2O6. The Morgan fingerprint density at radius 1 is 1.00 bits per heavy atom. The number of methoxy groups -OCH3 is 2. The molecule has 1 unspecified atom stereocenters. The molecule has 0 aromatic heterocycles. The van der Waals surface area contributed by atoms with Crippen LogP contribution in [-0.4, -0.2) is 87.4 Å². The summed E-state index contributed by atoms with van der Waals surface area (Å²) in [5, 5.41) is 0. The van der Waals surface area contributed by atoms with Gasteiger partial charge in [-0.2, -0.15) is 0 Å². The van der Waals surface area contributed by atoms with Crippen molar-refractivity contribution in [1.82, 2.24) is 9.80 Å². The number of morpholine rings is 1. The maximum absolute atomic E-state index is 13.1. The van der Waals surface area contributed by atoms with E-state index in [1.54, 1.807) is 32.4 Å². The third-order valence-electron chi connectivity index (χ3n) is 7.01. The fourth-order valence-electron chi connectivity index (χ4n) is 5.11. The number of hydrogen-bond donors (Lipinski definition) is 0. The van der Waals surface area contributed by atoms with Crippen LogP contribution in [0.2, 0.25) is 0 Å². The molecule has 8 heteroatoms. The molecule has 2 amide bonds. The lowest BCUT2D eigenvalue weighted by molar-refractivity contribution is -0.143. The first kappa shape index (κ1) is 22.9. The van der Waals surface area contributed by atoms with Crippen molar-refractivity contribution < 1.29 is 28.5 Å². The van der Waals surface area contributed by atoms with E-state index in [1.165, 1.54) is 0 Å². The van der Waals surface area contributed by atoms with E-state index in [0.717, 1.165) is 25.7 Å². The molecule has 0 radical (unpaired) electrons. The molecule has 0 N–H and O–H groups in total. The predicted molar refractivity (Wildman–Crippen MR) is 118 cm³/mol. The second kappa shape index (κ2) is 10.1. The highest BCUT2D eigenvalue weighted by Crippen LogP contribution is 2.39. The first-order valence-corrected chi connectivity index (χ1v) is 11.5. The minimum atomic E-state index is -0.220. The lowest BCUT2D eigenvalue weighted by Gasteiger charge is -2.46.